The van der Waals surface area contributed by atoms with Crippen molar-refractivity contribution in [1.29, 1.82) is 0 Å². The minimum atomic E-state index is 0.202. The second-order valence-electron chi connectivity index (χ2n) is 6.08. The molecule has 0 spiro atoms. The SMILES string of the molecule is O=c1cccc2n1CC1CCCN3CCCC2C13. The van der Waals surface area contributed by atoms with Crippen molar-refractivity contribution in [2.75, 3.05) is 13.1 Å². The van der Waals surface area contributed by atoms with Crippen LogP contribution in [-0.4, -0.2) is 28.6 Å². The molecule has 96 valence electrons. The van der Waals surface area contributed by atoms with E-state index in [1.807, 2.05) is 6.07 Å². The third kappa shape index (κ3) is 1.43. The first kappa shape index (κ1) is 10.8. The number of nitrogens with zero attached hydrogens (tertiary/aromatic N) is 2. The lowest BCUT2D eigenvalue weighted by Crippen LogP contribution is -2.56. The smallest absolute Gasteiger partial charge is 0.250 e. The summed E-state index contributed by atoms with van der Waals surface area (Å²) < 4.78 is 2.06. The standard InChI is InChI=1S/C15H20N2O/c18-14-7-1-6-13-12-5-3-9-16-8-2-4-11(15(12)16)10-17(13)14/h1,6-7,11-12,15H,2-5,8-10H2. The van der Waals surface area contributed by atoms with Gasteiger partial charge in [-0.3, -0.25) is 9.69 Å². The van der Waals surface area contributed by atoms with Gasteiger partial charge < -0.3 is 4.57 Å². The maximum absolute atomic E-state index is 12.0. The highest BCUT2D eigenvalue weighted by atomic mass is 16.1. The van der Waals surface area contributed by atoms with Gasteiger partial charge in [0.25, 0.3) is 5.56 Å². The zero-order valence-electron chi connectivity index (χ0n) is 10.7. The summed E-state index contributed by atoms with van der Waals surface area (Å²) in [6.45, 7) is 3.50. The van der Waals surface area contributed by atoms with E-state index in [1.165, 1.54) is 44.5 Å². The van der Waals surface area contributed by atoms with Crippen LogP contribution in [0, 0.1) is 5.92 Å². The summed E-state index contributed by atoms with van der Waals surface area (Å²) in [6.07, 6.45) is 5.17. The summed E-state index contributed by atoms with van der Waals surface area (Å²) in [5.74, 6) is 1.31. The van der Waals surface area contributed by atoms with Crippen LogP contribution >= 0.6 is 0 Å². The topological polar surface area (TPSA) is 25.2 Å². The number of fused-ring (bicyclic) bond motifs is 2. The highest BCUT2D eigenvalue weighted by Crippen LogP contribution is 2.43. The lowest BCUT2D eigenvalue weighted by molar-refractivity contribution is 0.0180. The van der Waals surface area contributed by atoms with Gasteiger partial charge in [0.1, 0.15) is 0 Å². The van der Waals surface area contributed by atoms with Crippen molar-refractivity contribution >= 4 is 0 Å². The monoisotopic (exact) mass is 244 g/mol. The van der Waals surface area contributed by atoms with E-state index < -0.39 is 0 Å². The molecule has 3 aliphatic heterocycles. The van der Waals surface area contributed by atoms with Crippen molar-refractivity contribution in [2.24, 2.45) is 5.92 Å². The normalized spacial score (nSPS) is 34.8. The van der Waals surface area contributed by atoms with Gasteiger partial charge in [0.2, 0.25) is 0 Å². The molecule has 18 heavy (non-hydrogen) atoms. The van der Waals surface area contributed by atoms with Crippen LogP contribution in [0.25, 0.3) is 0 Å². The van der Waals surface area contributed by atoms with Crippen molar-refractivity contribution < 1.29 is 0 Å². The Hall–Kier alpha value is -1.09. The molecule has 3 heteroatoms. The van der Waals surface area contributed by atoms with Crippen molar-refractivity contribution in [2.45, 2.75) is 44.2 Å². The lowest BCUT2D eigenvalue weighted by Gasteiger charge is -2.52. The highest BCUT2D eigenvalue weighted by Gasteiger charge is 2.43. The molecule has 1 aromatic heterocycles. The Morgan fingerprint density at radius 2 is 1.94 bits per heavy atom. The molecule has 0 saturated carbocycles. The first-order valence-corrected chi connectivity index (χ1v) is 7.28. The molecule has 4 rings (SSSR count). The van der Waals surface area contributed by atoms with E-state index in [0.29, 0.717) is 17.9 Å². The first-order chi connectivity index (χ1) is 8.84. The fourth-order valence-electron chi connectivity index (χ4n) is 4.52. The van der Waals surface area contributed by atoms with Gasteiger partial charge in [0.15, 0.2) is 0 Å². The first-order valence-electron chi connectivity index (χ1n) is 7.28. The quantitative estimate of drug-likeness (QED) is 0.695. The minimum Gasteiger partial charge on any atom is -0.312 e. The van der Waals surface area contributed by atoms with Gasteiger partial charge >= 0.3 is 0 Å². The molecule has 3 unspecified atom stereocenters. The molecule has 0 bridgehead atoms. The fourth-order valence-corrected chi connectivity index (χ4v) is 4.52. The number of rotatable bonds is 0. The van der Waals surface area contributed by atoms with Crippen LogP contribution in [0.4, 0.5) is 0 Å². The van der Waals surface area contributed by atoms with Gasteiger partial charge in [-0.1, -0.05) is 6.07 Å². The van der Waals surface area contributed by atoms with Gasteiger partial charge in [-0.25, -0.2) is 0 Å². The van der Waals surface area contributed by atoms with Crippen LogP contribution in [0.2, 0.25) is 0 Å². The fraction of sp³-hybridized carbons (Fsp3) is 0.667. The van der Waals surface area contributed by atoms with E-state index in [1.54, 1.807) is 6.07 Å². The van der Waals surface area contributed by atoms with Crippen LogP contribution in [0.5, 0.6) is 0 Å². The summed E-state index contributed by atoms with van der Waals surface area (Å²) >= 11 is 0. The predicted octanol–water partition coefficient (Wildman–Crippen LogP) is 1.82. The minimum absolute atomic E-state index is 0.202. The summed E-state index contributed by atoms with van der Waals surface area (Å²) in [5.41, 5.74) is 1.50. The van der Waals surface area contributed by atoms with Crippen LogP contribution in [0.1, 0.15) is 37.3 Å². The largest absolute Gasteiger partial charge is 0.312 e. The molecule has 0 radical (unpaired) electrons. The van der Waals surface area contributed by atoms with Gasteiger partial charge in [-0.2, -0.15) is 0 Å². The summed E-state index contributed by atoms with van der Waals surface area (Å²) in [6, 6.07) is 6.55. The van der Waals surface area contributed by atoms with E-state index in [-0.39, 0.29) is 5.56 Å². The Bertz CT molecular complexity index is 519. The molecular weight excluding hydrogens is 224 g/mol. The van der Waals surface area contributed by atoms with Gasteiger partial charge in [-0.05, 0) is 50.8 Å². The molecule has 3 aliphatic rings. The Morgan fingerprint density at radius 3 is 2.83 bits per heavy atom. The predicted molar refractivity (Wildman–Crippen MR) is 70.8 cm³/mol. The third-order valence-corrected chi connectivity index (χ3v) is 5.18. The molecule has 0 N–H and O–H groups in total. The summed E-state index contributed by atoms with van der Waals surface area (Å²) in [5, 5.41) is 0. The van der Waals surface area contributed by atoms with Crippen LogP contribution in [-0.2, 0) is 6.54 Å². The van der Waals surface area contributed by atoms with Crippen molar-refractivity contribution in [3.8, 4) is 0 Å². The lowest BCUT2D eigenvalue weighted by atomic mass is 9.73. The van der Waals surface area contributed by atoms with E-state index in [9.17, 15) is 4.79 Å². The average molecular weight is 244 g/mol. The zero-order valence-corrected chi connectivity index (χ0v) is 10.7. The number of aromatic nitrogens is 1. The Kier molecular flexibility index (Phi) is 2.37. The van der Waals surface area contributed by atoms with Crippen LogP contribution in [0.15, 0.2) is 23.0 Å². The number of hydrogen-bond donors (Lipinski definition) is 0. The number of piperidine rings is 2. The molecule has 4 heterocycles. The Balaban J connectivity index is 1.84. The zero-order chi connectivity index (χ0) is 12.1. The van der Waals surface area contributed by atoms with Crippen molar-refractivity contribution in [1.82, 2.24) is 9.47 Å². The maximum atomic E-state index is 12.0. The van der Waals surface area contributed by atoms with Gasteiger partial charge in [-0.15, -0.1) is 0 Å². The van der Waals surface area contributed by atoms with Gasteiger partial charge in [0.05, 0.1) is 0 Å². The molecule has 3 nitrogen and oxygen atoms in total. The van der Waals surface area contributed by atoms with E-state index in [2.05, 4.69) is 15.5 Å². The average Bonchev–Trinajstić information content (AvgIpc) is 2.41. The summed E-state index contributed by atoms with van der Waals surface area (Å²) in [7, 11) is 0. The molecular formula is C15H20N2O. The van der Waals surface area contributed by atoms with E-state index >= 15 is 0 Å². The Morgan fingerprint density at radius 1 is 1.11 bits per heavy atom. The molecule has 0 aromatic carbocycles. The maximum Gasteiger partial charge on any atom is 0.250 e. The molecule has 1 aromatic rings. The molecule has 0 amide bonds. The van der Waals surface area contributed by atoms with Gasteiger partial charge in [0, 0.05) is 30.3 Å². The molecule has 3 atom stereocenters. The van der Waals surface area contributed by atoms with Crippen molar-refractivity contribution in [3.63, 3.8) is 0 Å². The van der Waals surface area contributed by atoms with Crippen molar-refractivity contribution in [3.05, 3.63) is 34.2 Å². The number of hydrogen-bond acceptors (Lipinski definition) is 2. The third-order valence-electron chi connectivity index (χ3n) is 5.18. The molecule has 2 saturated heterocycles. The Labute approximate surface area is 107 Å². The van der Waals surface area contributed by atoms with Crippen LogP contribution < -0.4 is 5.56 Å². The van der Waals surface area contributed by atoms with Crippen LogP contribution in [0.3, 0.4) is 0 Å². The molecule has 2 fully saturated rings. The second-order valence-corrected chi connectivity index (χ2v) is 6.08. The highest BCUT2D eigenvalue weighted by molar-refractivity contribution is 5.20. The second kappa shape index (κ2) is 3.95. The molecule has 0 aliphatic carbocycles. The summed E-state index contributed by atoms with van der Waals surface area (Å²) in [4.78, 5) is 14.7. The number of pyridine rings is 1. The van der Waals surface area contributed by atoms with E-state index in [0.717, 1.165) is 6.54 Å². The van der Waals surface area contributed by atoms with E-state index in [4.69, 9.17) is 0 Å².